The van der Waals surface area contributed by atoms with E-state index in [1.807, 2.05) is 0 Å². The third kappa shape index (κ3) is 4.32. The van der Waals surface area contributed by atoms with Crippen LogP contribution in [0.1, 0.15) is 22.8 Å². The van der Waals surface area contributed by atoms with Crippen molar-refractivity contribution in [1.82, 2.24) is 0 Å². The van der Waals surface area contributed by atoms with Crippen molar-refractivity contribution in [2.75, 3.05) is 10.6 Å². The maximum absolute atomic E-state index is 12.9. The van der Waals surface area contributed by atoms with Crippen LogP contribution in [0.4, 0.5) is 24.5 Å². The standard InChI is InChI=1S/C16H13F3N2O2/c1-10(22)20-12-6-4-5-11(9-12)15(23)21-14-8-3-2-7-13(14)16(17,18)19/h2-9H,1H3,(H,20,22)(H,21,23). The summed E-state index contributed by atoms with van der Waals surface area (Å²) in [6.07, 6.45) is -4.57. The molecule has 2 N–H and O–H groups in total. The van der Waals surface area contributed by atoms with Crippen LogP contribution in [-0.4, -0.2) is 11.8 Å². The van der Waals surface area contributed by atoms with Gasteiger partial charge in [0.2, 0.25) is 5.91 Å². The van der Waals surface area contributed by atoms with Crippen LogP contribution in [0.15, 0.2) is 48.5 Å². The van der Waals surface area contributed by atoms with Crippen molar-refractivity contribution in [2.24, 2.45) is 0 Å². The van der Waals surface area contributed by atoms with Crippen LogP contribution >= 0.6 is 0 Å². The Hall–Kier alpha value is -2.83. The van der Waals surface area contributed by atoms with Crippen LogP contribution in [0.5, 0.6) is 0 Å². The molecule has 7 heteroatoms. The van der Waals surface area contributed by atoms with Crippen molar-refractivity contribution in [3.63, 3.8) is 0 Å². The Morgan fingerprint density at radius 3 is 2.30 bits per heavy atom. The summed E-state index contributed by atoms with van der Waals surface area (Å²) in [5.41, 5.74) is -0.733. The van der Waals surface area contributed by atoms with E-state index >= 15 is 0 Å². The molecule has 2 aromatic rings. The zero-order valence-electron chi connectivity index (χ0n) is 12.1. The molecule has 0 fully saturated rings. The Morgan fingerprint density at radius 1 is 0.957 bits per heavy atom. The highest BCUT2D eigenvalue weighted by Crippen LogP contribution is 2.34. The van der Waals surface area contributed by atoms with Gasteiger partial charge >= 0.3 is 6.18 Å². The summed E-state index contributed by atoms with van der Waals surface area (Å²) in [6.45, 7) is 1.31. The second-order valence-electron chi connectivity index (χ2n) is 4.76. The Kier molecular flexibility index (Phi) is 4.68. The number of alkyl halides is 3. The lowest BCUT2D eigenvalue weighted by atomic mass is 10.1. The summed E-state index contributed by atoms with van der Waals surface area (Å²) in [5.74, 6) is -1.01. The summed E-state index contributed by atoms with van der Waals surface area (Å²) in [4.78, 5) is 23.1. The minimum atomic E-state index is -4.57. The van der Waals surface area contributed by atoms with Gasteiger partial charge in [-0.15, -0.1) is 0 Å². The van der Waals surface area contributed by atoms with Gasteiger partial charge in [-0.1, -0.05) is 18.2 Å². The largest absolute Gasteiger partial charge is 0.418 e. The number of benzene rings is 2. The predicted molar refractivity (Wildman–Crippen MR) is 80.1 cm³/mol. The number of hydrogen-bond acceptors (Lipinski definition) is 2. The molecule has 0 aliphatic carbocycles. The highest BCUT2D eigenvalue weighted by molar-refractivity contribution is 6.05. The van der Waals surface area contributed by atoms with Gasteiger partial charge in [-0.25, -0.2) is 0 Å². The first-order chi connectivity index (χ1) is 10.8. The van der Waals surface area contributed by atoms with E-state index < -0.39 is 17.6 Å². The van der Waals surface area contributed by atoms with Gasteiger partial charge in [0.1, 0.15) is 0 Å². The summed E-state index contributed by atoms with van der Waals surface area (Å²) in [6, 6.07) is 10.6. The van der Waals surface area contributed by atoms with Gasteiger partial charge in [0, 0.05) is 18.2 Å². The van der Waals surface area contributed by atoms with Gasteiger partial charge in [-0.2, -0.15) is 13.2 Å². The topological polar surface area (TPSA) is 58.2 Å². The van der Waals surface area contributed by atoms with Crippen LogP contribution in [0, 0.1) is 0 Å². The third-order valence-electron chi connectivity index (χ3n) is 2.93. The van der Waals surface area contributed by atoms with Crippen molar-refractivity contribution >= 4 is 23.2 Å². The highest BCUT2D eigenvalue weighted by atomic mass is 19.4. The Labute approximate surface area is 130 Å². The fourth-order valence-corrected chi connectivity index (χ4v) is 1.98. The summed E-state index contributed by atoms with van der Waals surface area (Å²) < 4.78 is 38.7. The molecule has 0 aliphatic rings. The summed E-state index contributed by atoms with van der Waals surface area (Å²) in [7, 11) is 0. The third-order valence-corrected chi connectivity index (χ3v) is 2.93. The molecule has 0 saturated heterocycles. The Balaban J connectivity index is 2.25. The molecule has 23 heavy (non-hydrogen) atoms. The van der Waals surface area contributed by atoms with Crippen molar-refractivity contribution in [3.05, 3.63) is 59.7 Å². The first kappa shape index (κ1) is 16.5. The number of carbonyl (C=O) groups is 2. The van der Waals surface area contributed by atoms with E-state index in [4.69, 9.17) is 0 Å². The molecule has 0 spiro atoms. The molecule has 0 aliphatic heterocycles. The van der Waals surface area contributed by atoms with Gasteiger partial charge in [0.15, 0.2) is 0 Å². The maximum atomic E-state index is 12.9. The Bertz CT molecular complexity index is 742. The second-order valence-corrected chi connectivity index (χ2v) is 4.76. The molecule has 0 bridgehead atoms. The zero-order chi connectivity index (χ0) is 17.0. The predicted octanol–water partition coefficient (Wildman–Crippen LogP) is 3.92. The molecule has 0 aromatic heterocycles. The van der Waals surface area contributed by atoms with Crippen LogP contribution in [0.25, 0.3) is 0 Å². The lowest BCUT2D eigenvalue weighted by molar-refractivity contribution is -0.136. The van der Waals surface area contributed by atoms with Crippen LogP contribution in [0.3, 0.4) is 0 Å². The average Bonchev–Trinajstić information content (AvgIpc) is 2.46. The van der Waals surface area contributed by atoms with E-state index in [1.165, 1.54) is 43.3 Å². The molecule has 4 nitrogen and oxygen atoms in total. The monoisotopic (exact) mass is 322 g/mol. The summed E-state index contributed by atoms with van der Waals surface area (Å²) in [5, 5.41) is 4.74. The molecule has 120 valence electrons. The van der Waals surface area contributed by atoms with Gasteiger partial charge < -0.3 is 10.6 Å². The quantitative estimate of drug-likeness (QED) is 0.900. The van der Waals surface area contributed by atoms with Crippen molar-refractivity contribution < 1.29 is 22.8 Å². The normalized spacial score (nSPS) is 11.0. The molecule has 2 aromatic carbocycles. The van der Waals surface area contributed by atoms with E-state index in [0.717, 1.165) is 6.07 Å². The molecule has 0 atom stereocenters. The van der Waals surface area contributed by atoms with Gasteiger partial charge in [0.25, 0.3) is 5.91 Å². The maximum Gasteiger partial charge on any atom is 0.418 e. The summed E-state index contributed by atoms with van der Waals surface area (Å²) >= 11 is 0. The highest BCUT2D eigenvalue weighted by Gasteiger charge is 2.33. The molecule has 0 unspecified atom stereocenters. The number of amides is 2. The minimum absolute atomic E-state index is 0.133. The second kappa shape index (κ2) is 6.51. The van der Waals surface area contributed by atoms with Crippen LogP contribution in [0.2, 0.25) is 0 Å². The van der Waals surface area contributed by atoms with E-state index in [-0.39, 0.29) is 17.2 Å². The smallest absolute Gasteiger partial charge is 0.326 e. The first-order valence-corrected chi connectivity index (χ1v) is 6.62. The molecule has 0 saturated carbocycles. The number of nitrogens with one attached hydrogen (secondary N) is 2. The lowest BCUT2D eigenvalue weighted by Crippen LogP contribution is -2.17. The molecule has 2 rings (SSSR count). The molecular formula is C16H13F3N2O2. The number of anilines is 2. The van der Waals surface area contributed by atoms with Gasteiger partial charge in [0.05, 0.1) is 11.3 Å². The Morgan fingerprint density at radius 2 is 1.65 bits per heavy atom. The van der Waals surface area contributed by atoms with Gasteiger partial charge in [-0.3, -0.25) is 9.59 Å². The number of rotatable bonds is 3. The molecule has 0 radical (unpaired) electrons. The lowest BCUT2D eigenvalue weighted by Gasteiger charge is -2.13. The van der Waals surface area contributed by atoms with Crippen molar-refractivity contribution in [1.29, 1.82) is 0 Å². The van der Waals surface area contributed by atoms with Crippen LogP contribution in [-0.2, 0) is 11.0 Å². The minimum Gasteiger partial charge on any atom is -0.326 e. The van der Waals surface area contributed by atoms with Crippen molar-refractivity contribution in [2.45, 2.75) is 13.1 Å². The average molecular weight is 322 g/mol. The molecular weight excluding hydrogens is 309 g/mol. The van der Waals surface area contributed by atoms with E-state index in [9.17, 15) is 22.8 Å². The number of hydrogen-bond donors (Lipinski definition) is 2. The van der Waals surface area contributed by atoms with Crippen molar-refractivity contribution in [3.8, 4) is 0 Å². The SMILES string of the molecule is CC(=O)Nc1cccc(C(=O)Nc2ccccc2C(F)(F)F)c1. The van der Waals surface area contributed by atoms with E-state index in [2.05, 4.69) is 10.6 Å². The number of para-hydroxylation sites is 1. The zero-order valence-corrected chi connectivity index (χ0v) is 12.1. The fraction of sp³-hybridized carbons (Fsp3) is 0.125. The van der Waals surface area contributed by atoms with Gasteiger partial charge in [-0.05, 0) is 30.3 Å². The number of carbonyl (C=O) groups excluding carboxylic acids is 2. The van der Waals surface area contributed by atoms with E-state index in [1.54, 1.807) is 6.07 Å². The van der Waals surface area contributed by atoms with Crippen LogP contribution < -0.4 is 10.6 Å². The molecule has 2 amide bonds. The number of halogens is 3. The first-order valence-electron chi connectivity index (χ1n) is 6.62. The fourth-order valence-electron chi connectivity index (χ4n) is 1.98. The van der Waals surface area contributed by atoms with E-state index in [0.29, 0.717) is 5.69 Å². The molecule has 0 heterocycles.